The second-order valence-electron chi connectivity index (χ2n) is 5.54. The van der Waals surface area contributed by atoms with Crippen LogP contribution in [0.2, 0.25) is 0 Å². The van der Waals surface area contributed by atoms with E-state index in [-0.39, 0.29) is 0 Å². The molecular weight excluding hydrogens is 332 g/mol. The molecule has 0 bridgehead atoms. The fourth-order valence-corrected chi connectivity index (χ4v) is 3.31. The Morgan fingerprint density at radius 2 is 1.76 bits per heavy atom. The molecule has 0 spiro atoms. The zero-order valence-corrected chi connectivity index (χ0v) is 14.5. The van der Waals surface area contributed by atoms with Crippen LogP contribution in [-0.2, 0) is 6.54 Å². The van der Waals surface area contributed by atoms with Crippen molar-refractivity contribution in [2.75, 3.05) is 5.32 Å². The highest BCUT2D eigenvalue weighted by Gasteiger charge is 2.07. The van der Waals surface area contributed by atoms with E-state index in [2.05, 4.69) is 32.6 Å². The number of nitrogens with one attached hydrogen (secondary N) is 1. The molecule has 0 unspecified atom stereocenters. The molecule has 0 radical (unpaired) electrons. The van der Waals surface area contributed by atoms with Gasteiger partial charge >= 0.3 is 0 Å². The minimum absolute atomic E-state index is 0.538. The topological polar surface area (TPSA) is 63.8 Å². The predicted octanol–water partition coefficient (Wildman–Crippen LogP) is 4.78. The Hall–Kier alpha value is -2.99. The van der Waals surface area contributed by atoms with Crippen molar-refractivity contribution in [2.24, 2.45) is 0 Å². The van der Waals surface area contributed by atoms with Crippen molar-refractivity contribution in [3.05, 3.63) is 71.7 Å². The average Bonchev–Trinajstić information content (AvgIpc) is 3.30. The third-order valence-corrected chi connectivity index (χ3v) is 4.76. The van der Waals surface area contributed by atoms with Gasteiger partial charge in [-0.1, -0.05) is 30.3 Å². The van der Waals surface area contributed by atoms with Crippen molar-refractivity contribution < 1.29 is 4.42 Å². The lowest BCUT2D eigenvalue weighted by Gasteiger charge is -2.04. The Morgan fingerprint density at radius 3 is 2.48 bits per heavy atom. The lowest BCUT2D eigenvalue weighted by atomic mass is 10.2. The summed E-state index contributed by atoms with van der Waals surface area (Å²) in [5, 5.41) is 12.3. The minimum atomic E-state index is 0.538. The lowest BCUT2D eigenvalue weighted by molar-refractivity contribution is 0.533. The molecule has 2 aromatic heterocycles. The van der Waals surface area contributed by atoms with E-state index in [1.54, 1.807) is 18.3 Å². The number of nitrogens with zero attached hydrogens (tertiary/aromatic N) is 3. The van der Waals surface area contributed by atoms with Crippen LogP contribution in [0.4, 0.5) is 5.69 Å². The van der Waals surface area contributed by atoms with Crippen LogP contribution in [0.3, 0.4) is 0 Å². The molecule has 2 aromatic carbocycles. The summed E-state index contributed by atoms with van der Waals surface area (Å²) in [6, 6.07) is 18.2. The van der Waals surface area contributed by atoms with Crippen LogP contribution in [0.25, 0.3) is 21.9 Å². The van der Waals surface area contributed by atoms with Gasteiger partial charge in [0.2, 0.25) is 11.8 Å². The van der Waals surface area contributed by atoms with Crippen molar-refractivity contribution in [1.29, 1.82) is 0 Å². The third-order valence-electron chi connectivity index (χ3n) is 3.71. The summed E-state index contributed by atoms with van der Waals surface area (Å²) in [7, 11) is 0. The summed E-state index contributed by atoms with van der Waals surface area (Å²) in [6.07, 6.45) is 1.93. The number of benzene rings is 2. The van der Waals surface area contributed by atoms with Crippen molar-refractivity contribution in [3.8, 4) is 21.9 Å². The van der Waals surface area contributed by atoms with Crippen molar-refractivity contribution in [2.45, 2.75) is 13.5 Å². The van der Waals surface area contributed by atoms with E-state index < -0.39 is 0 Å². The summed E-state index contributed by atoms with van der Waals surface area (Å²) in [5.41, 5.74) is 3.13. The van der Waals surface area contributed by atoms with E-state index in [4.69, 9.17) is 4.42 Å². The summed E-state index contributed by atoms with van der Waals surface area (Å²) < 4.78 is 5.43. The average molecular weight is 348 g/mol. The molecule has 0 saturated heterocycles. The Bertz CT molecular complexity index is 961. The molecule has 0 aliphatic carbocycles. The molecule has 0 atom stereocenters. The molecule has 4 aromatic rings. The highest BCUT2D eigenvalue weighted by Crippen LogP contribution is 2.26. The van der Waals surface area contributed by atoms with E-state index >= 15 is 0 Å². The Balaban J connectivity index is 1.41. The zero-order chi connectivity index (χ0) is 17.1. The monoisotopic (exact) mass is 348 g/mol. The number of rotatable bonds is 5. The zero-order valence-electron chi connectivity index (χ0n) is 13.6. The van der Waals surface area contributed by atoms with Gasteiger partial charge in [0, 0.05) is 24.4 Å². The van der Waals surface area contributed by atoms with Crippen molar-refractivity contribution in [3.63, 3.8) is 0 Å². The molecule has 124 valence electrons. The van der Waals surface area contributed by atoms with E-state index in [0.29, 0.717) is 18.3 Å². The summed E-state index contributed by atoms with van der Waals surface area (Å²) in [4.78, 5) is 5.68. The molecular formula is C19H16N4OS. The molecule has 5 nitrogen and oxygen atoms in total. The second kappa shape index (κ2) is 6.86. The maximum absolute atomic E-state index is 5.43. The standard InChI is InChI=1S/C19H16N4OS/c1-13-22-23-19(24-13)15-7-9-16(10-8-15)20-12-18-21-11-17(25-18)14-5-3-2-4-6-14/h2-11,20H,12H2,1H3. The fourth-order valence-electron chi connectivity index (χ4n) is 2.45. The van der Waals surface area contributed by atoms with Gasteiger partial charge in [-0.2, -0.15) is 0 Å². The highest BCUT2D eigenvalue weighted by molar-refractivity contribution is 7.15. The minimum Gasteiger partial charge on any atom is -0.421 e. The highest BCUT2D eigenvalue weighted by atomic mass is 32.1. The van der Waals surface area contributed by atoms with Gasteiger partial charge in [-0.15, -0.1) is 21.5 Å². The van der Waals surface area contributed by atoms with E-state index in [9.17, 15) is 0 Å². The second-order valence-corrected chi connectivity index (χ2v) is 6.66. The Kier molecular flexibility index (Phi) is 4.26. The van der Waals surface area contributed by atoms with Crippen LogP contribution >= 0.6 is 11.3 Å². The lowest BCUT2D eigenvalue weighted by Crippen LogP contribution is -1.98. The molecule has 2 heterocycles. The van der Waals surface area contributed by atoms with E-state index in [0.717, 1.165) is 16.3 Å². The predicted molar refractivity (Wildman–Crippen MR) is 99.3 cm³/mol. The van der Waals surface area contributed by atoms with Crippen molar-refractivity contribution in [1.82, 2.24) is 15.2 Å². The summed E-state index contributed by atoms with van der Waals surface area (Å²) >= 11 is 1.70. The number of anilines is 1. The first-order valence-corrected chi connectivity index (χ1v) is 8.74. The molecule has 4 rings (SSSR count). The van der Waals surface area contributed by atoms with Gasteiger partial charge in [0.1, 0.15) is 5.01 Å². The number of aromatic nitrogens is 3. The molecule has 0 amide bonds. The van der Waals surface area contributed by atoms with Crippen LogP contribution in [0.15, 0.2) is 65.2 Å². The first-order chi connectivity index (χ1) is 12.3. The Labute approximate surface area is 149 Å². The summed E-state index contributed by atoms with van der Waals surface area (Å²) in [6.45, 7) is 2.47. The van der Waals surface area contributed by atoms with Gasteiger partial charge in [-0.3, -0.25) is 0 Å². The number of thiazole rings is 1. The normalized spacial score (nSPS) is 10.8. The van der Waals surface area contributed by atoms with Gasteiger partial charge in [-0.25, -0.2) is 4.98 Å². The largest absolute Gasteiger partial charge is 0.421 e. The fraction of sp³-hybridized carbons (Fsp3) is 0.105. The third kappa shape index (κ3) is 3.59. The van der Waals surface area contributed by atoms with Crippen LogP contribution in [-0.4, -0.2) is 15.2 Å². The SMILES string of the molecule is Cc1nnc(-c2ccc(NCc3ncc(-c4ccccc4)s3)cc2)o1. The van der Waals surface area contributed by atoms with E-state index in [1.165, 1.54) is 10.4 Å². The van der Waals surface area contributed by atoms with Gasteiger partial charge in [-0.05, 0) is 29.8 Å². The maximum Gasteiger partial charge on any atom is 0.247 e. The van der Waals surface area contributed by atoms with Gasteiger partial charge in [0.25, 0.3) is 0 Å². The van der Waals surface area contributed by atoms with Crippen molar-refractivity contribution >= 4 is 17.0 Å². The summed E-state index contributed by atoms with van der Waals surface area (Å²) in [5.74, 6) is 1.10. The van der Waals surface area contributed by atoms with Gasteiger partial charge < -0.3 is 9.73 Å². The smallest absolute Gasteiger partial charge is 0.247 e. The number of hydrogen-bond acceptors (Lipinski definition) is 6. The van der Waals surface area contributed by atoms with Gasteiger partial charge in [0.05, 0.1) is 11.4 Å². The van der Waals surface area contributed by atoms with Crippen LogP contribution in [0.5, 0.6) is 0 Å². The molecule has 25 heavy (non-hydrogen) atoms. The van der Waals surface area contributed by atoms with Crippen LogP contribution in [0.1, 0.15) is 10.9 Å². The molecule has 1 N–H and O–H groups in total. The molecule has 6 heteroatoms. The maximum atomic E-state index is 5.43. The number of hydrogen-bond donors (Lipinski definition) is 1. The van der Waals surface area contributed by atoms with E-state index in [1.807, 2.05) is 48.7 Å². The molecule has 0 fully saturated rings. The molecule has 0 aliphatic rings. The van der Waals surface area contributed by atoms with Crippen LogP contribution < -0.4 is 5.32 Å². The quantitative estimate of drug-likeness (QED) is 0.562. The first-order valence-electron chi connectivity index (χ1n) is 7.92. The molecule has 0 saturated carbocycles. The first kappa shape index (κ1) is 15.5. The van der Waals surface area contributed by atoms with Crippen LogP contribution in [0, 0.1) is 6.92 Å². The molecule has 0 aliphatic heterocycles. The number of aryl methyl sites for hydroxylation is 1. The Morgan fingerprint density at radius 1 is 0.960 bits per heavy atom. The van der Waals surface area contributed by atoms with Gasteiger partial charge in [0.15, 0.2) is 0 Å².